The van der Waals surface area contributed by atoms with Gasteiger partial charge in [0.1, 0.15) is 6.04 Å². The molecule has 0 aromatic heterocycles. The van der Waals surface area contributed by atoms with Gasteiger partial charge in [-0.15, -0.1) is 5.06 Å². The smallest absolute Gasteiger partial charge is 0.370 e. The van der Waals surface area contributed by atoms with Crippen LogP contribution in [0.1, 0.15) is 20.8 Å². The Labute approximate surface area is 166 Å². The summed E-state index contributed by atoms with van der Waals surface area (Å²) in [6.07, 6.45) is 0. The zero-order chi connectivity index (χ0) is 20.4. The average molecular weight is 424 g/mol. The summed E-state index contributed by atoms with van der Waals surface area (Å²) in [6, 6.07) is -1.10. The van der Waals surface area contributed by atoms with Crippen LogP contribution in [0.2, 0.25) is 0 Å². The van der Waals surface area contributed by atoms with Crippen molar-refractivity contribution in [2.75, 3.05) is 38.8 Å². The van der Waals surface area contributed by atoms with Crippen molar-refractivity contribution < 1.29 is 38.2 Å². The van der Waals surface area contributed by atoms with Gasteiger partial charge in [-0.3, -0.25) is 9.59 Å². The fourth-order valence-corrected chi connectivity index (χ4v) is 2.40. The van der Waals surface area contributed by atoms with Crippen LogP contribution < -0.4 is 5.32 Å². The van der Waals surface area contributed by atoms with Crippen molar-refractivity contribution in [1.29, 1.82) is 0 Å². The lowest BCUT2D eigenvalue weighted by Gasteiger charge is -2.28. The Morgan fingerprint density at radius 2 is 1.85 bits per heavy atom. The Bertz CT molecular complexity index is 546. The van der Waals surface area contributed by atoms with Crippen molar-refractivity contribution in [3.8, 4) is 0 Å². The maximum Gasteiger partial charge on any atom is 0.370 e. The summed E-state index contributed by atoms with van der Waals surface area (Å²) >= 11 is 4.80. The van der Waals surface area contributed by atoms with Crippen LogP contribution in [0.5, 0.6) is 0 Å². The summed E-state index contributed by atoms with van der Waals surface area (Å²) in [4.78, 5) is 52.1. The first-order valence-corrected chi connectivity index (χ1v) is 9.53. The van der Waals surface area contributed by atoms with Crippen LogP contribution >= 0.6 is 24.4 Å². The molecule has 0 aromatic rings. The minimum atomic E-state index is -1.10. The molecule has 154 valence electrons. The number of hydrogen-bond donors (Lipinski definition) is 2. The summed E-state index contributed by atoms with van der Waals surface area (Å²) in [5.74, 6) is -1.94. The second-order valence-electron chi connectivity index (χ2n) is 6.00. The molecular formula is C15H24N2O8S2. The number of carbonyl (C=O) groups is 4. The van der Waals surface area contributed by atoms with Crippen molar-refractivity contribution in [2.45, 2.75) is 31.6 Å². The van der Waals surface area contributed by atoms with Crippen LogP contribution in [0.25, 0.3) is 0 Å². The minimum Gasteiger partial charge on any atom is -0.428 e. The van der Waals surface area contributed by atoms with Gasteiger partial charge in [-0.25, -0.2) is 9.59 Å². The predicted molar refractivity (Wildman–Crippen MR) is 99.1 cm³/mol. The molecule has 0 radical (unpaired) electrons. The van der Waals surface area contributed by atoms with E-state index in [4.69, 9.17) is 9.57 Å². The Morgan fingerprint density at radius 3 is 2.41 bits per heavy atom. The van der Waals surface area contributed by atoms with Gasteiger partial charge in [-0.1, -0.05) is 0 Å². The predicted octanol–water partition coefficient (Wildman–Crippen LogP) is 0.360. The highest BCUT2D eigenvalue weighted by Crippen LogP contribution is 2.15. The Hall–Kier alpha value is -1.50. The standard InChI is InChI=1S/C15H24N2O8S2/c1-10(18)23-9-24-14(21)27-8-11(16-13(20)15(2,3)26)12(19)25-17-4-6-22-7-5-17/h11,26H,4-9H2,1-3H3,(H,16,20)/t11-/m0/s1. The molecule has 12 heteroatoms. The van der Waals surface area contributed by atoms with E-state index in [1.807, 2.05) is 0 Å². The molecule has 1 amide bonds. The third kappa shape index (κ3) is 9.84. The van der Waals surface area contributed by atoms with Crippen LogP contribution in [-0.4, -0.2) is 77.8 Å². The number of esters is 1. The van der Waals surface area contributed by atoms with E-state index in [1.165, 1.54) is 12.0 Å². The molecule has 1 rings (SSSR count). The number of hydrogen-bond acceptors (Lipinski definition) is 11. The van der Waals surface area contributed by atoms with E-state index in [2.05, 4.69) is 27.4 Å². The first kappa shape index (κ1) is 23.5. The normalized spacial score (nSPS) is 16.1. The van der Waals surface area contributed by atoms with E-state index in [1.54, 1.807) is 13.8 Å². The van der Waals surface area contributed by atoms with Crippen LogP contribution in [0.3, 0.4) is 0 Å². The number of morpholine rings is 1. The number of thioether (sulfide) groups is 1. The number of hydroxylamine groups is 2. The fourth-order valence-electron chi connectivity index (χ4n) is 1.69. The molecule has 0 unspecified atom stereocenters. The number of amides is 1. The molecule has 0 spiro atoms. The largest absolute Gasteiger partial charge is 0.428 e. The van der Waals surface area contributed by atoms with Crippen LogP contribution in [-0.2, 0) is 33.4 Å². The molecule has 0 aliphatic carbocycles. The van der Waals surface area contributed by atoms with Gasteiger partial charge in [0.2, 0.25) is 12.7 Å². The molecular weight excluding hydrogens is 400 g/mol. The lowest BCUT2D eigenvalue weighted by molar-refractivity contribution is -0.207. The van der Waals surface area contributed by atoms with E-state index in [9.17, 15) is 19.2 Å². The van der Waals surface area contributed by atoms with E-state index < -0.39 is 40.7 Å². The SMILES string of the molecule is CC(=O)OCOC(=O)SC[C@H](NC(=O)C(C)(C)S)C(=O)ON1CCOCC1. The van der Waals surface area contributed by atoms with Crippen molar-refractivity contribution in [3.05, 3.63) is 0 Å². The first-order valence-electron chi connectivity index (χ1n) is 8.10. The Kier molecular flexibility index (Phi) is 9.91. The third-order valence-corrected chi connectivity index (χ3v) is 4.20. The number of rotatable bonds is 8. The summed E-state index contributed by atoms with van der Waals surface area (Å²) in [7, 11) is 0. The summed E-state index contributed by atoms with van der Waals surface area (Å²) in [5, 5.41) is 3.18. The molecule has 1 saturated heterocycles. The number of nitrogens with one attached hydrogen (secondary N) is 1. The van der Waals surface area contributed by atoms with Crippen molar-refractivity contribution in [3.63, 3.8) is 0 Å². The molecule has 27 heavy (non-hydrogen) atoms. The maximum absolute atomic E-state index is 12.4. The van der Waals surface area contributed by atoms with Crippen molar-refractivity contribution in [1.82, 2.24) is 10.4 Å². The molecule has 0 aromatic carbocycles. The molecule has 0 bridgehead atoms. The first-order chi connectivity index (χ1) is 12.6. The molecule has 1 aliphatic rings. The van der Waals surface area contributed by atoms with Gasteiger partial charge in [-0.2, -0.15) is 12.6 Å². The number of nitrogens with zero attached hydrogens (tertiary/aromatic N) is 1. The minimum absolute atomic E-state index is 0.127. The van der Waals surface area contributed by atoms with Gasteiger partial charge >= 0.3 is 17.2 Å². The quantitative estimate of drug-likeness (QED) is 0.321. The number of carbonyl (C=O) groups excluding carboxylic acids is 4. The summed E-state index contributed by atoms with van der Waals surface area (Å²) in [6.45, 7) is 5.43. The lowest BCUT2D eigenvalue weighted by Crippen LogP contribution is -2.51. The van der Waals surface area contributed by atoms with Crippen molar-refractivity contribution >= 4 is 47.5 Å². The average Bonchev–Trinajstić information content (AvgIpc) is 2.57. The highest BCUT2D eigenvalue weighted by molar-refractivity contribution is 8.13. The van der Waals surface area contributed by atoms with Gasteiger partial charge in [-0.05, 0) is 25.6 Å². The lowest BCUT2D eigenvalue weighted by atomic mass is 10.2. The monoisotopic (exact) mass is 424 g/mol. The van der Waals surface area contributed by atoms with Gasteiger partial charge < -0.3 is 24.4 Å². The van der Waals surface area contributed by atoms with Crippen LogP contribution in [0.4, 0.5) is 4.79 Å². The number of thiol groups is 1. The van der Waals surface area contributed by atoms with Gasteiger partial charge in [0.05, 0.1) is 31.1 Å². The van der Waals surface area contributed by atoms with E-state index >= 15 is 0 Å². The van der Waals surface area contributed by atoms with Crippen molar-refractivity contribution in [2.24, 2.45) is 0 Å². The van der Waals surface area contributed by atoms with E-state index in [0.717, 1.165) is 0 Å². The molecule has 1 atom stereocenters. The summed E-state index contributed by atoms with van der Waals surface area (Å²) < 4.78 is 13.3. The molecule has 1 aliphatic heterocycles. The Balaban J connectivity index is 2.60. The van der Waals surface area contributed by atoms with Crippen LogP contribution in [0.15, 0.2) is 0 Å². The van der Waals surface area contributed by atoms with Gasteiger partial charge in [0.25, 0.3) is 0 Å². The van der Waals surface area contributed by atoms with Gasteiger partial charge in [0.15, 0.2) is 0 Å². The number of ether oxygens (including phenoxy) is 3. The second kappa shape index (κ2) is 11.4. The van der Waals surface area contributed by atoms with Gasteiger partial charge in [0, 0.05) is 12.7 Å². The second-order valence-corrected chi connectivity index (χ2v) is 8.07. The molecule has 10 nitrogen and oxygen atoms in total. The maximum atomic E-state index is 12.4. The fraction of sp³-hybridized carbons (Fsp3) is 0.733. The molecule has 1 heterocycles. The zero-order valence-electron chi connectivity index (χ0n) is 15.4. The molecule has 0 saturated carbocycles. The third-order valence-electron chi connectivity index (χ3n) is 3.14. The highest BCUT2D eigenvalue weighted by atomic mass is 32.2. The van der Waals surface area contributed by atoms with Crippen LogP contribution in [0, 0.1) is 0 Å². The molecule has 1 fully saturated rings. The molecule has 1 N–H and O–H groups in total. The van der Waals surface area contributed by atoms with E-state index in [-0.39, 0.29) is 5.75 Å². The van der Waals surface area contributed by atoms with E-state index in [0.29, 0.717) is 38.1 Å². The summed E-state index contributed by atoms with van der Waals surface area (Å²) in [5.41, 5.74) is 0. The highest BCUT2D eigenvalue weighted by Gasteiger charge is 2.31. The Morgan fingerprint density at radius 1 is 1.22 bits per heavy atom. The topological polar surface area (TPSA) is 120 Å². The zero-order valence-corrected chi connectivity index (χ0v) is 17.1.